The largest absolute Gasteiger partial charge is 0.369 e. The molecule has 6 heteroatoms. The summed E-state index contributed by atoms with van der Waals surface area (Å²) >= 11 is 5.13. The summed E-state index contributed by atoms with van der Waals surface area (Å²) in [5, 5.41) is 4.64. The number of carbonyl (C=O) groups excluding carboxylic acids is 2. The highest BCUT2D eigenvalue weighted by Gasteiger charge is 2.28. The molecule has 1 N–H and O–H groups in total. The zero-order valence-electron chi connectivity index (χ0n) is 10.6. The summed E-state index contributed by atoms with van der Waals surface area (Å²) in [5.41, 5.74) is 2.01. The van der Waals surface area contributed by atoms with Crippen molar-refractivity contribution in [3.05, 3.63) is 44.6 Å². The van der Waals surface area contributed by atoms with E-state index in [4.69, 9.17) is 0 Å². The Kier molecular flexibility index (Phi) is 3.35. The number of hydrogen-bond donors (Lipinski definition) is 1. The van der Waals surface area contributed by atoms with Gasteiger partial charge in [0.05, 0.1) is 17.8 Å². The number of fused-ring (bicyclic) bond motifs is 1. The molecule has 20 heavy (non-hydrogen) atoms. The molecule has 0 unspecified atom stereocenters. The molecule has 0 bridgehead atoms. The third-order valence-electron chi connectivity index (χ3n) is 3.16. The van der Waals surface area contributed by atoms with Crippen molar-refractivity contribution < 1.29 is 9.59 Å². The van der Waals surface area contributed by atoms with Gasteiger partial charge in [-0.25, -0.2) is 0 Å². The number of nitrogens with zero attached hydrogens (tertiary/aromatic N) is 1. The van der Waals surface area contributed by atoms with Gasteiger partial charge in [-0.1, -0.05) is 0 Å². The summed E-state index contributed by atoms with van der Waals surface area (Å²) in [6, 6.07) is 7.48. The molecule has 0 radical (unpaired) electrons. The molecule has 3 rings (SSSR count). The van der Waals surface area contributed by atoms with Gasteiger partial charge in [0, 0.05) is 27.5 Å². The van der Waals surface area contributed by atoms with Crippen LogP contribution in [0.1, 0.15) is 15.2 Å². The first-order chi connectivity index (χ1) is 9.54. The molecule has 1 aliphatic rings. The second kappa shape index (κ2) is 5.03. The van der Waals surface area contributed by atoms with E-state index in [1.165, 1.54) is 4.88 Å². The summed E-state index contributed by atoms with van der Waals surface area (Å²) in [6.07, 6.45) is 0. The first-order valence-electron chi connectivity index (χ1n) is 5.98. The number of halogens is 1. The number of anilines is 2. The van der Waals surface area contributed by atoms with Gasteiger partial charge < -0.3 is 10.2 Å². The van der Waals surface area contributed by atoms with E-state index < -0.39 is 11.7 Å². The number of benzene rings is 1. The molecule has 4 nitrogen and oxygen atoms in total. The van der Waals surface area contributed by atoms with Crippen molar-refractivity contribution in [3.63, 3.8) is 0 Å². The molecular formula is C14H11BrN2O2S. The lowest BCUT2D eigenvalue weighted by molar-refractivity contribution is -0.112. The Morgan fingerprint density at radius 3 is 2.80 bits per heavy atom. The highest BCUT2D eigenvalue weighted by molar-refractivity contribution is 9.10. The van der Waals surface area contributed by atoms with Crippen LogP contribution in [0.2, 0.25) is 0 Å². The highest BCUT2D eigenvalue weighted by Crippen LogP contribution is 2.29. The van der Waals surface area contributed by atoms with Gasteiger partial charge in [0.2, 0.25) is 0 Å². The molecule has 1 aliphatic heterocycles. The zero-order chi connectivity index (χ0) is 14.3. The predicted molar refractivity (Wildman–Crippen MR) is 83.5 cm³/mol. The summed E-state index contributed by atoms with van der Waals surface area (Å²) in [6.45, 7) is 0.775. The molecule has 2 aromatic rings. The standard InChI is InChI=1S/C14H11BrN2O2S/c1-17(6-10-4-8(15)7-20-10)9-2-3-11-12(5-9)16-14(19)13(11)18/h2-5,7H,6H2,1H3,(H,16,18,19). The van der Waals surface area contributed by atoms with E-state index in [-0.39, 0.29) is 0 Å². The fourth-order valence-corrected chi connectivity index (χ4v) is 3.64. The number of amides is 1. The smallest absolute Gasteiger partial charge is 0.296 e. The van der Waals surface area contributed by atoms with Crippen LogP contribution in [-0.2, 0) is 11.3 Å². The minimum absolute atomic E-state index is 0.450. The van der Waals surface area contributed by atoms with Crippen molar-refractivity contribution >= 4 is 50.3 Å². The Bertz CT molecular complexity index is 711. The van der Waals surface area contributed by atoms with Crippen LogP contribution in [0.15, 0.2) is 34.1 Å². The molecule has 2 heterocycles. The van der Waals surface area contributed by atoms with E-state index in [0.29, 0.717) is 11.3 Å². The van der Waals surface area contributed by atoms with Crippen molar-refractivity contribution in [2.24, 2.45) is 0 Å². The summed E-state index contributed by atoms with van der Waals surface area (Å²) in [7, 11) is 1.98. The van der Waals surface area contributed by atoms with Crippen molar-refractivity contribution in [1.29, 1.82) is 0 Å². The Morgan fingerprint density at radius 1 is 1.30 bits per heavy atom. The Balaban J connectivity index is 1.83. The molecule has 0 aliphatic carbocycles. The lowest BCUT2D eigenvalue weighted by Crippen LogP contribution is -2.15. The Labute approximate surface area is 128 Å². The normalized spacial score (nSPS) is 13.3. The fourth-order valence-electron chi connectivity index (χ4n) is 2.13. The first-order valence-corrected chi connectivity index (χ1v) is 7.65. The second-order valence-electron chi connectivity index (χ2n) is 4.60. The molecule has 102 valence electrons. The molecule has 0 atom stereocenters. The Hall–Kier alpha value is -1.66. The molecule has 0 spiro atoms. The summed E-state index contributed by atoms with van der Waals surface area (Å²) in [4.78, 5) is 26.2. The number of carbonyl (C=O) groups is 2. The SMILES string of the molecule is CN(Cc1cc(Br)cs1)c1ccc2c(c1)NC(=O)C2=O. The van der Waals surface area contributed by atoms with Crippen LogP contribution in [0.3, 0.4) is 0 Å². The van der Waals surface area contributed by atoms with Gasteiger partial charge in [-0.2, -0.15) is 0 Å². The summed E-state index contributed by atoms with van der Waals surface area (Å²) in [5.74, 6) is -1.02. The maximum atomic E-state index is 11.5. The average molecular weight is 351 g/mol. The van der Waals surface area contributed by atoms with E-state index in [2.05, 4.69) is 32.2 Å². The molecule has 1 aromatic heterocycles. The third-order valence-corrected chi connectivity index (χ3v) is 4.84. The lowest BCUT2D eigenvalue weighted by Gasteiger charge is -2.19. The van der Waals surface area contributed by atoms with Gasteiger partial charge in [-0.05, 0) is 40.2 Å². The molecule has 1 amide bonds. The first kappa shape index (κ1) is 13.3. The second-order valence-corrected chi connectivity index (χ2v) is 6.51. The number of rotatable bonds is 3. The number of nitrogens with one attached hydrogen (secondary N) is 1. The minimum atomic E-state index is -0.554. The van der Waals surface area contributed by atoms with Gasteiger partial charge in [0.25, 0.3) is 11.7 Å². The van der Waals surface area contributed by atoms with Gasteiger partial charge >= 0.3 is 0 Å². The number of Topliss-reactive ketones (excluding diaryl/α,β-unsaturated/α-hetero) is 1. The topological polar surface area (TPSA) is 49.4 Å². The number of thiophene rings is 1. The maximum absolute atomic E-state index is 11.5. The molecule has 0 saturated carbocycles. The van der Waals surface area contributed by atoms with E-state index in [0.717, 1.165) is 16.7 Å². The van der Waals surface area contributed by atoms with Gasteiger partial charge in [-0.15, -0.1) is 11.3 Å². The van der Waals surface area contributed by atoms with Crippen molar-refractivity contribution in [2.75, 3.05) is 17.3 Å². The number of ketones is 1. The lowest BCUT2D eigenvalue weighted by atomic mass is 10.1. The van der Waals surface area contributed by atoms with E-state index in [1.807, 2.05) is 24.6 Å². The predicted octanol–water partition coefficient (Wildman–Crippen LogP) is 3.28. The van der Waals surface area contributed by atoms with Crippen LogP contribution >= 0.6 is 27.3 Å². The van der Waals surface area contributed by atoms with Crippen LogP contribution in [0.5, 0.6) is 0 Å². The summed E-state index contributed by atoms with van der Waals surface area (Å²) < 4.78 is 1.08. The van der Waals surface area contributed by atoms with Crippen molar-refractivity contribution in [2.45, 2.75) is 6.54 Å². The maximum Gasteiger partial charge on any atom is 0.296 e. The molecule has 1 aromatic carbocycles. The van der Waals surface area contributed by atoms with Crippen LogP contribution in [0.25, 0.3) is 0 Å². The van der Waals surface area contributed by atoms with E-state index >= 15 is 0 Å². The highest BCUT2D eigenvalue weighted by atomic mass is 79.9. The van der Waals surface area contributed by atoms with Crippen LogP contribution in [0.4, 0.5) is 11.4 Å². The quantitative estimate of drug-likeness (QED) is 0.864. The van der Waals surface area contributed by atoms with Crippen LogP contribution in [-0.4, -0.2) is 18.7 Å². The van der Waals surface area contributed by atoms with Crippen LogP contribution in [0, 0.1) is 0 Å². The monoisotopic (exact) mass is 350 g/mol. The van der Waals surface area contributed by atoms with Crippen molar-refractivity contribution in [1.82, 2.24) is 0 Å². The zero-order valence-corrected chi connectivity index (χ0v) is 13.0. The van der Waals surface area contributed by atoms with Gasteiger partial charge in [0.1, 0.15) is 0 Å². The minimum Gasteiger partial charge on any atom is -0.369 e. The molecule has 0 saturated heterocycles. The van der Waals surface area contributed by atoms with Gasteiger partial charge in [0.15, 0.2) is 0 Å². The molecule has 0 fully saturated rings. The molecular weight excluding hydrogens is 340 g/mol. The number of hydrogen-bond acceptors (Lipinski definition) is 4. The van der Waals surface area contributed by atoms with E-state index in [9.17, 15) is 9.59 Å². The Morgan fingerprint density at radius 2 is 2.10 bits per heavy atom. The third kappa shape index (κ3) is 2.36. The van der Waals surface area contributed by atoms with Crippen molar-refractivity contribution in [3.8, 4) is 0 Å². The van der Waals surface area contributed by atoms with Crippen LogP contribution < -0.4 is 10.2 Å². The fraction of sp³-hybridized carbons (Fsp3) is 0.143. The van der Waals surface area contributed by atoms with E-state index in [1.54, 1.807) is 17.4 Å². The average Bonchev–Trinajstić information content (AvgIpc) is 2.94. The van der Waals surface area contributed by atoms with Gasteiger partial charge in [-0.3, -0.25) is 9.59 Å².